The van der Waals surface area contributed by atoms with Crippen molar-refractivity contribution in [3.8, 4) is 0 Å². The van der Waals surface area contributed by atoms with Crippen LogP contribution in [0, 0.1) is 0 Å². The Bertz CT molecular complexity index is 268. The minimum Gasteiger partial charge on any atom is -0.380 e. The average molecular weight is 212 g/mol. The lowest BCUT2D eigenvalue weighted by Crippen LogP contribution is -2.48. The number of rotatable bonds is 3. The van der Waals surface area contributed by atoms with Gasteiger partial charge in [0.1, 0.15) is 0 Å². The molecule has 1 unspecified atom stereocenters. The first-order valence-corrected chi connectivity index (χ1v) is 5.93. The Labute approximate surface area is 88.5 Å². The van der Waals surface area contributed by atoms with Gasteiger partial charge in [-0.2, -0.15) is 0 Å². The summed E-state index contributed by atoms with van der Waals surface area (Å²) in [6, 6.07) is 0. The Morgan fingerprint density at radius 1 is 1.71 bits per heavy atom. The van der Waals surface area contributed by atoms with Gasteiger partial charge in [-0.05, 0) is 19.8 Å². The normalized spacial score (nSPS) is 27.8. The number of thiazole rings is 1. The van der Waals surface area contributed by atoms with Crippen molar-refractivity contribution in [2.45, 2.75) is 31.8 Å². The van der Waals surface area contributed by atoms with Crippen LogP contribution >= 0.6 is 11.3 Å². The van der Waals surface area contributed by atoms with E-state index < -0.39 is 0 Å². The van der Waals surface area contributed by atoms with Crippen LogP contribution in [0.25, 0.3) is 0 Å². The molecule has 1 atom stereocenters. The van der Waals surface area contributed by atoms with Crippen LogP contribution in [0.4, 0.5) is 0 Å². The fraction of sp³-hybridized carbons (Fsp3) is 0.700. The number of aromatic nitrogens is 1. The standard InChI is InChI=1S/C10H16N2OS/c1-10(3-2-4-13-7-10)12-5-9-6-14-8-11-9/h6,8,12H,2-5,7H2,1H3. The molecule has 1 saturated heterocycles. The van der Waals surface area contributed by atoms with Gasteiger partial charge in [-0.25, -0.2) is 4.98 Å². The summed E-state index contributed by atoms with van der Waals surface area (Å²) in [4.78, 5) is 4.25. The number of hydrogen-bond acceptors (Lipinski definition) is 4. The molecular formula is C10H16N2OS. The lowest BCUT2D eigenvalue weighted by atomic mass is 9.95. The first-order valence-electron chi connectivity index (χ1n) is 4.98. The average Bonchev–Trinajstić information content (AvgIpc) is 2.69. The van der Waals surface area contributed by atoms with Gasteiger partial charge in [0.2, 0.25) is 0 Å². The minimum atomic E-state index is 0.141. The van der Waals surface area contributed by atoms with E-state index in [2.05, 4.69) is 22.6 Å². The molecule has 0 saturated carbocycles. The summed E-state index contributed by atoms with van der Waals surface area (Å²) >= 11 is 1.64. The zero-order valence-electron chi connectivity index (χ0n) is 8.45. The van der Waals surface area contributed by atoms with Crippen LogP contribution in [0.2, 0.25) is 0 Å². The third kappa shape index (κ3) is 2.53. The molecule has 1 fully saturated rings. The van der Waals surface area contributed by atoms with Crippen molar-refractivity contribution in [2.24, 2.45) is 0 Å². The minimum absolute atomic E-state index is 0.141. The quantitative estimate of drug-likeness (QED) is 0.829. The molecule has 4 heteroatoms. The highest BCUT2D eigenvalue weighted by molar-refractivity contribution is 7.07. The number of nitrogens with zero attached hydrogens (tertiary/aromatic N) is 1. The van der Waals surface area contributed by atoms with Gasteiger partial charge in [-0.3, -0.25) is 0 Å². The van der Waals surface area contributed by atoms with Crippen LogP contribution in [-0.4, -0.2) is 23.7 Å². The van der Waals surface area contributed by atoms with E-state index in [1.165, 1.54) is 6.42 Å². The van der Waals surface area contributed by atoms with Gasteiger partial charge in [-0.1, -0.05) is 0 Å². The monoisotopic (exact) mass is 212 g/mol. The van der Waals surface area contributed by atoms with Crippen molar-refractivity contribution in [3.63, 3.8) is 0 Å². The number of nitrogens with one attached hydrogen (secondary N) is 1. The predicted molar refractivity (Wildman–Crippen MR) is 57.4 cm³/mol. The van der Waals surface area contributed by atoms with Crippen molar-refractivity contribution in [2.75, 3.05) is 13.2 Å². The topological polar surface area (TPSA) is 34.2 Å². The highest BCUT2D eigenvalue weighted by atomic mass is 32.1. The van der Waals surface area contributed by atoms with Gasteiger partial charge in [0.05, 0.1) is 17.8 Å². The molecule has 2 rings (SSSR count). The largest absolute Gasteiger partial charge is 0.380 e. The molecule has 0 spiro atoms. The second kappa shape index (κ2) is 4.38. The molecule has 3 nitrogen and oxygen atoms in total. The fourth-order valence-electron chi connectivity index (χ4n) is 1.70. The number of ether oxygens (including phenoxy) is 1. The van der Waals surface area contributed by atoms with Crippen LogP contribution in [0.1, 0.15) is 25.5 Å². The van der Waals surface area contributed by atoms with Crippen molar-refractivity contribution >= 4 is 11.3 Å². The third-order valence-electron chi connectivity index (χ3n) is 2.62. The van der Waals surface area contributed by atoms with E-state index in [0.717, 1.165) is 31.9 Å². The van der Waals surface area contributed by atoms with Crippen LogP contribution < -0.4 is 5.32 Å². The van der Waals surface area contributed by atoms with Gasteiger partial charge in [-0.15, -0.1) is 11.3 Å². The summed E-state index contributed by atoms with van der Waals surface area (Å²) in [6.45, 7) is 4.80. The van der Waals surface area contributed by atoms with Crippen LogP contribution in [-0.2, 0) is 11.3 Å². The van der Waals surface area contributed by atoms with Crippen molar-refractivity contribution in [3.05, 3.63) is 16.6 Å². The summed E-state index contributed by atoms with van der Waals surface area (Å²) in [5, 5.41) is 5.60. The number of hydrogen-bond donors (Lipinski definition) is 1. The van der Waals surface area contributed by atoms with E-state index in [0.29, 0.717) is 0 Å². The van der Waals surface area contributed by atoms with Crippen LogP contribution in [0.3, 0.4) is 0 Å². The second-order valence-corrected chi connectivity index (χ2v) is 4.77. The van der Waals surface area contributed by atoms with Crippen molar-refractivity contribution in [1.82, 2.24) is 10.3 Å². The SMILES string of the molecule is CC1(NCc2cscn2)CCCOC1. The van der Waals surface area contributed by atoms with Gasteiger partial charge in [0, 0.05) is 24.1 Å². The third-order valence-corrected chi connectivity index (χ3v) is 3.25. The lowest BCUT2D eigenvalue weighted by Gasteiger charge is -2.34. The van der Waals surface area contributed by atoms with E-state index in [4.69, 9.17) is 4.74 Å². The van der Waals surface area contributed by atoms with Crippen molar-refractivity contribution < 1.29 is 4.74 Å². The first kappa shape index (κ1) is 10.1. The maximum Gasteiger partial charge on any atom is 0.0795 e. The molecule has 78 valence electrons. The Morgan fingerprint density at radius 2 is 2.64 bits per heavy atom. The fourth-order valence-corrected chi connectivity index (χ4v) is 2.26. The molecule has 1 aliphatic rings. The van der Waals surface area contributed by atoms with E-state index in [1.807, 2.05) is 5.51 Å². The van der Waals surface area contributed by atoms with Gasteiger partial charge < -0.3 is 10.1 Å². The Kier molecular flexibility index (Phi) is 3.15. The summed E-state index contributed by atoms with van der Waals surface area (Å²) in [6.07, 6.45) is 2.34. The lowest BCUT2D eigenvalue weighted by molar-refractivity contribution is 0.0276. The smallest absolute Gasteiger partial charge is 0.0795 e. The van der Waals surface area contributed by atoms with Gasteiger partial charge in [0.15, 0.2) is 0 Å². The van der Waals surface area contributed by atoms with Crippen LogP contribution in [0.5, 0.6) is 0 Å². The van der Waals surface area contributed by atoms with Crippen LogP contribution in [0.15, 0.2) is 10.9 Å². The van der Waals surface area contributed by atoms with Gasteiger partial charge in [0.25, 0.3) is 0 Å². The van der Waals surface area contributed by atoms with E-state index >= 15 is 0 Å². The summed E-state index contributed by atoms with van der Waals surface area (Å²) in [5.41, 5.74) is 3.14. The predicted octanol–water partition coefficient (Wildman–Crippen LogP) is 1.80. The first-order chi connectivity index (χ1) is 6.79. The molecule has 1 N–H and O–H groups in total. The van der Waals surface area contributed by atoms with Gasteiger partial charge >= 0.3 is 0 Å². The van der Waals surface area contributed by atoms with Crippen molar-refractivity contribution in [1.29, 1.82) is 0 Å². The Morgan fingerprint density at radius 3 is 3.29 bits per heavy atom. The highest BCUT2D eigenvalue weighted by Gasteiger charge is 2.26. The molecule has 0 aliphatic carbocycles. The zero-order chi connectivity index (χ0) is 9.86. The molecule has 0 aromatic carbocycles. The van der Waals surface area contributed by atoms with E-state index in [1.54, 1.807) is 11.3 Å². The maximum atomic E-state index is 5.47. The Balaban J connectivity index is 1.84. The molecule has 0 bridgehead atoms. The molecule has 14 heavy (non-hydrogen) atoms. The molecule has 1 aliphatic heterocycles. The summed E-state index contributed by atoms with van der Waals surface area (Å²) < 4.78 is 5.47. The Hall–Kier alpha value is -0.450. The maximum absolute atomic E-state index is 5.47. The summed E-state index contributed by atoms with van der Waals surface area (Å²) in [7, 11) is 0. The zero-order valence-corrected chi connectivity index (χ0v) is 9.27. The molecule has 0 amide bonds. The van der Waals surface area contributed by atoms with E-state index in [-0.39, 0.29) is 5.54 Å². The molecule has 1 aromatic rings. The van der Waals surface area contributed by atoms with E-state index in [9.17, 15) is 0 Å². The summed E-state index contributed by atoms with van der Waals surface area (Å²) in [5.74, 6) is 0. The molecule has 2 heterocycles. The molecule has 0 radical (unpaired) electrons. The molecule has 1 aromatic heterocycles. The highest BCUT2D eigenvalue weighted by Crippen LogP contribution is 2.18. The molecular weight excluding hydrogens is 196 g/mol. The second-order valence-electron chi connectivity index (χ2n) is 4.05.